The average Bonchev–Trinajstić information content (AvgIpc) is 2.99. The van der Waals surface area contributed by atoms with Crippen molar-refractivity contribution in [1.82, 2.24) is 15.0 Å². The molecule has 1 saturated carbocycles. The van der Waals surface area contributed by atoms with Gasteiger partial charge in [0.05, 0.1) is 13.0 Å². The van der Waals surface area contributed by atoms with Gasteiger partial charge in [0.15, 0.2) is 5.82 Å². The summed E-state index contributed by atoms with van der Waals surface area (Å²) in [5.41, 5.74) is 0. The highest BCUT2D eigenvalue weighted by molar-refractivity contribution is 7.10. The topological polar surface area (TPSA) is 59.2 Å². The van der Waals surface area contributed by atoms with Gasteiger partial charge >= 0.3 is 0 Å². The van der Waals surface area contributed by atoms with Crippen LogP contribution in [0.15, 0.2) is 22.0 Å². The molecule has 0 aromatic carbocycles. The zero-order valence-corrected chi connectivity index (χ0v) is 12.2. The van der Waals surface area contributed by atoms with E-state index in [0.717, 1.165) is 23.6 Å². The van der Waals surface area contributed by atoms with Gasteiger partial charge in [0.2, 0.25) is 11.8 Å². The Labute approximate surface area is 121 Å². The van der Waals surface area contributed by atoms with E-state index in [0.29, 0.717) is 24.7 Å². The molecular formula is C14H17N3O2S. The van der Waals surface area contributed by atoms with Gasteiger partial charge in [0.1, 0.15) is 0 Å². The summed E-state index contributed by atoms with van der Waals surface area (Å²) in [6.45, 7) is 0.403. The first-order valence-electron chi connectivity index (χ1n) is 6.81. The molecule has 0 unspecified atom stereocenters. The monoisotopic (exact) mass is 291 g/mol. The van der Waals surface area contributed by atoms with E-state index in [1.54, 1.807) is 23.3 Å². The smallest absolute Gasteiger partial charge is 0.229 e. The fraction of sp³-hybridized carbons (Fsp3) is 0.500. The molecular weight excluding hydrogens is 274 g/mol. The van der Waals surface area contributed by atoms with Crippen LogP contribution in [0.25, 0.3) is 0 Å². The Balaban J connectivity index is 1.56. The molecule has 1 aliphatic rings. The lowest BCUT2D eigenvalue weighted by molar-refractivity contribution is -0.129. The van der Waals surface area contributed by atoms with Crippen LogP contribution in [0.3, 0.4) is 0 Å². The second kappa shape index (κ2) is 5.75. The molecule has 0 saturated heterocycles. The quantitative estimate of drug-likeness (QED) is 0.849. The molecule has 0 radical (unpaired) electrons. The maximum atomic E-state index is 12.1. The van der Waals surface area contributed by atoms with E-state index in [9.17, 15) is 4.79 Å². The molecule has 0 spiro atoms. The minimum Gasteiger partial charge on any atom is -0.339 e. The van der Waals surface area contributed by atoms with Gasteiger partial charge in [-0.15, -0.1) is 11.3 Å². The third-order valence-corrected chi connectivity index (χ3v) is 4.52. The molecule has 106 valence electrons. The maximum absolute atomic E-state index is 12.1. The van der Waals surface area contributed by atoms with Crippen molar-refractivity contribution in [1.29, 1.82) is 0 Å². The number of carbonyl (C=O) groups excluding carboxylic acids is 1. The van der Waals surface area contributed by atoms with E-state index in [2.05, 4.69) is 10.1 Å². The molecule has 1 aliphatic carbocycles. The van der Waals surface area contributed by atoms with Crippen LogP contribution in [0, 0.1) is 0 Å². The highest BCUT2D eigenvalue weighted by atomic mass is 32.1. The highest BCUT2D eigenvalue weighted by Gasteiger charge is 2.25. The fourth-order valence-electron chi connectivity index (χ4n) is 2.15. The number of likely N-dealkylation sites (N-methyl/N-ethyl adjacent to an activating group) is 1. The predicted octanol–water partition coefficient (Wildman–Crippen LogP) is 2.60. The Morgan fingerprint density at radius 1 is 1.55 bits per heavy atom. The van der Waals surface area contributed by atoms with E-state index in [-0.39, 0.29) is 5.91 Å². The normalized spacial score (nSPS) is 15.1. The molecule has 6 heteroatoms. The molecule has 20 heavy (non-hydrogen) atoms. The first kappa shape index (κ1) is 13.3. The molecule has 5 nitrogen and oxygen atoms in total. The van der Waals surface area contributed by atoms with Crippen LogP contribution in [0.5, 0.6) is 0 Å². The minimum absolute atomic E-state index is 0.0717. The van der Waals surface area contributed by atoms with Crippen molar-refractivity contribution in [2.45, 2.75) is 38.1 Å². The summed E-state index contributed by atoms with van der Waals surface area (Å²) in [4.78, 5) is 19.2. The Morgan fingerprint density at radius 2 is 2.40 bits per heavy atom. The van der Waals surface area contributed by atoms with Gasteiger partial charge in [-0.05, 0) is 24.3 Å². The molecule has 1 fully saturated rings. The molecule has 0 aliphatic heterocycles. The molecule has 0 atom stereocenters. The Morgan fingerprint density at radius 3 is 3.05 bits per heavy atom. The minimum atomic E-state index is 0.0717. The first-order valence-corrected chi connectivity index (χ1v) is 7.69. The third-order valence-electron chi connectivity index (χ3n) is 3.65. The second-order valence-corrected chi connectivity index (χ2v) is 6.21. The second-order valence-electron chi connectivity index (χ2n) is 5.18. The van der Waals surface area contributed by atoms with Crippen molar-refractivity contribution >= 4 is 17.2 Å². The number of amides is 1. The number of hydrogen-bond acceptors (Lipinski definition) is 5. The summed E-state index contributed by atoms with van der Waals surface area (Å²) in [7, 11) is 1.77. The van der Waals surface area contributed by atoms with Gasteiger partial charge in [0.25, 0.3) is 0 Å². The number of carbonyl (C=O) groups is 1. The number of thiophene rings is 1. The molecule has 1 amide bonds. The van der Waals surface area contributed by atoms with Crippen LogP contribution in [0.2, 0.25) is 0 Å². The van der Waals surface area contributed by atoms with Gasteiger partial charge in [-0.3, -0.25) is 4.79 Å². The van der Waals surface area contributed by atoms with Crippen molar-refractivity contribution in [2.75, 3.05) is 7.05 Å². The number of nitrogens with zero attached hydrogens (tertiary/aromatic N) is 3. The van der Waals surface area contributed by atoms with Crippen LogP contribution >= 0.6 is 11.3 Å². The van der Waals surface area contributed by atoms with Gasteiger partial charge in [-0.1, -0.05) is 17.6 Å². The fourth-order valence-corrected chi connectivity index (χ4v) is 2.85. The van der Waals surface area contributed by atoms with Gasteiger partial charge < -0.3 is 9.42 Å². The molecule has 0 bridgehead atoms. The van der Waals surface area contributed by atoms with Crippen molar-refractivity contribution < 1.29 is 9.32 Å². The summed E-state index contributed by atoms with van der Waals surface area (Å²) in [6.07, 6.45) is 3.94. The van der Waals surface area contributed by atoms with E-state index in [1.807, 2.05) is 17.5 Å². The van der Waals surface area contributed by atoms with E-state index in [4.69, 9.17) is 4.52 Å². The molecule has 2 aromatic rings. The Hall–Kier alpha value is -1.69. The Bertz CT molecular complexity index is 575. The summed E-state index contributed by atoms with van der Waals surface area (Å²) in [5, 5.41) is 5.94. The van der Waals surface area contributed by atoms with Crippen molar-refractivity contribution in [3.63, 3.8) is 0 Å². The number of rotatable bonds is 5. The van der Waals surface area contributed by atoms with Crippen LogP contribution in [0.1, 0.15) is 41.8 Å². The third kappa shape index (κ3) is 2.90. The summed E-state index contributed by atoms with van der Waals surface area (Å²) in [5.74, 6) is 1.82. The summed E-state index contributed by atoms with van der Waals surface area (Å²) >= 11 is 1.60. The lowest BCUT2D eigenvalue weighted by Gasteiger charge is -2.20. The summed E-state index contributed by atoms with van der Waals surface area (Å²) in [6, 6.07) is 3.93. The number of aromatic nitrogens is 2. The van der Waals surface area contributed by atoms with Crippen molar-refractivity contribution in [2.24, 2.45) is 0 Å². The predicted molar refractivity (Wildman–Crippen MR) is 75.4 cm³/mol. The van der Waals surface area contributed by atoms with Gasteiger partial charge in [0, 0.05) is 17.8 Å². The van der Waals surface area contributed by atoms with E-state index in [1.165, 1.54) is 6.42 Å². The lowest BCUT2D eigenvalue weighted by atomic mass is 9.85. The zero-order valence-electron chi connectivity index (χ0n) is 11.4. The summed E-state index contributed by atoms with van der Waals surface area (Å²) < 4.78 is 5.26. The van der Waals surface area contributed by atoms with E-state index >= 15 is 0 Å². The van der Waals surface area contributed by atoms with Crippen LogP contribution in [-0.4, -0.2) is 28.0 Å². The maximum Gasteiger partial charge on any atom is 0.229 e. The standard InChI is InChI=1S/C14H17N3O2S/c1-17(13(18)8-11-6-3-7-20-11)9-12-15-14(19-16-12)10-4-2-5-10/h3,6-7,10H,2,4-5,8-9H2,1H3. The van der Waals surface area contributed by atoms with Crippen molar-refractivity contribution in [3.05, 3.63) is 34.1 Å². The molecule has 2 heterocycles. The largest absolute Gasteiger partial charge is 0.339 e. The molecule has 3 rings (SSSR count). The van der Waals surface area contributed by atoms with Crippen LogP contribution in [-0.2, 0) is 17.8 Å². The van der Waals surface area contributed by atoms with Crippen LogP contribution in [0.4, 0.5) is 0 Å². The Kier molecular flexibility index (Phi) is 3.82. The van der Waals surface area contributed by atoms with Gasteiger partial charge in [-0.25, -0.2) is 0 Å². The first-order chi connectivity index (χ1) is 9.72. The highest BCUT2D eigenvalue weighted by Crippen LogP contribution is 2.35. The molecule has 2 aromatic heterocycles. The zero-order chi connectivity index (χ0) is 13.9. The van der Waals surface area contributed by atoms with Gasteiger partial charge in [-0.2, -0.15) is 4.98 Å². The average molecular weight is 291 g/mol. The SMILES string of the molecule is CN(Cc1noc(C2CCC2)n1)C(=O)Cc1cccs1. The van der Waals surface area contributed by atoms with Crippen molar-refractivity contribution in [3.8, 4) is 0 Å². The van der Waals surface area contributed by atoms with Crippen LogP contribution < -0.4 is 0 Å². The van der Waals surface area contributed by atoms with E-state index < -0.39 is 0 Å². The molecule has 0 N–H and O–H groups in total. The number of hydrogen-bond donors (Lipinski definition) is 0. The lowest BCUT2D eigenvalue weighted by Crippen LogP contribution is -2.28.